The zero-order valence-electron chi connectivity index (χ0n) is 8.14. The monoisotopic (exact) mass is 210 g/mol. The summed E-state index contributed by atoms with van der Waals surface area (Å²) in [6, 6.07) is 3.74. The van der Waals surface area contributed by atoms with Gasteiger partial charge in [-0.25, -0.2) is 9.97 Å². The molecule has 0 spiro atoms. The maximum absolute atomic E-state index is 5.65. The van der Waals surface area contributed by atoms with Crippen molar-refractivity contribution in [3.63, 3.8) is 0 Å². The highest BCUT2D eigenvalue weighted by Crippen LogP contribution is 2.31. The molecule has 76 valence electrons. The van der Waals surface area contributed by atoms with Gasteiger partial charge >= 0.3 is 0 Å². The molecule has 5 nitrogen and oxygen atoms in total. The number of aromatic nitrogens is 4. The molecule has 5 heteroatoms. The summed E-state index contributed by atoms with van der Waals surface area (Å²) in [5.74, 6) is 0. The Bertz CT molecular complexity index is 749. The lowest BCUT2D eigenvalue weighted by molar-refractivity contribution is 0.656. The lowest BCUT2D eigenvalue weighted by Gasteiger charge is -1.88. The summed E-state index contributed by atoms with van der Waals surface area (Å²) in [6.07, 6.45) is 5.00. The van der Waals surface area contributed by atoms with Crippen LogP contribution in [0.1, 0.15) is 0 Å². The lowest BCUT2D eigenvalue weighted by atomic mass is 10.3. The Kier molecular flexibility index (Phi) is 1.26. The molecule has 0 aliphatic rings. The molecule has 0 radical (unpaired) electrons. The van der Waals surface area contributed by atoms with E-state index in [1.807, 2.05) is 12.1 Å². The Balaban J connectivity index is 2.38. The summed E-state index contributed by atoms with van der Waals surface area (Å²) in [5.41, 5.74) is 4.02. The van der Waals surface area contributed by atoms with E-state index in [0.29, 0.717) is 5.71 Å². The molecule has 0 atom stereocenters. The number of hydrogen-bond donors (Lipinski definition) is 1. The molecule has 0 aromatic carbocycles. The van der Waals surface area contributed by atoms with Crippen LogP contribution in [0.2, 0.25) is 0 Å². The van der Waals surface area contributed by atoms with E-state index in [0.717, 1.165) is 27.5 Å². The third-order valence-electron chi connectivity index (χ3n) is 2.64. The van der Waals surface area contributed by atoms with Gasteiger partial charge in [-0.2, -0.15) is 0 Å². The summed E-state index contributed by atoms with van der Waals surface area (Å²) in [5, 5.41) is 0.924. The van der Waals surface area contributed by atoms with Crippen LogP contribution in [0.3, 0.4) is 0 Å². The highest BCUT2D eigenvalue weighted by Gasteiger charge is 2.14. The first-order valence-corrected chi connectivity index (χ1v) is 4.88. The van der Waals surface area contributed by atoms with Gasteiger partial charge in [0.25, 0.3) is 0 Å². The van der Waals surface area contributed by atoms with E-state index < -0.39 is 0 Å². The summed E-state index contributed by atoms with van der Waals surface area (Å²) < 4.78 is 5.65. The van der Waals surface area contributed by atoms with Crippen LogP contribution in [-0.4, -0.2) is 19.9 Å². The van der Waals surface area contributed by atoms with Crippen molar-refractivity contribution >= 4 is 33.2 Å². The van der Waals surface area contributed by atoms with E-state index >= 15 is 0 Å². The molecule has 0 saturated carbocycles. The number of nitrogens with one attached hydrogen (secondary N) is 1. The maximum atomic E-state index is 5.65. The number of H-pyrrole nitrogens is 1. The van der Waals surface area contributed by atoms with E-state index in [4.69, 9.17) is 4.42 Å². The fraction of sp³-hybridized carbons (Fsp3) is 0. The average molecular weight is 210 g/mol. The van der Waals surface area contributed by atoms with Gasteiger partial charge in [0.15, 0.2) is 5.58 Å². The van der Waals surface area contributed by atoms with Crippen LogP contribution in [-0.2, 0) is 0 Å². The molecular weight excluding hydrogens is 204 g/mol. The topological polar surface area (TPSA) is 67.6 Å². The summed E-state index contributed by atoms with van der Waals surface area (Å²) in [7, 11) is 0. The van der Waals surface area contributed by atoms with Crippen molar-refractivity contribution in [2.45, 2.75) is 0 Å². The zero-order valence-corrected chi connectivity index (χ0v) is 8.14. The van der Waals surface area contributed by atoms with E-state index in [9.17, 15) is 0 Å². The van der Waals surface area contributed by atoms with Crippen molar-refractivity contribution in [3.8, 4) is 0 Å². The maximum Gasteiger partial charge on any atom is 0.209 e. The van der Waals surface area contributed by atoms with E-state index in [1.54, 1.807) is 12.4 Å². The molecule has 4 rings (SSSR count). The molecule has 0 unspecified atom stereocenters. The van der Waals surface area contributed by atoms with Crippen LogP contribution in [0.4, 0.5) is 0 Å². The smallest absolute Gasteiger partial charge is 0.209 e. The fourth-order valence-corrected chi connectivity index (χ4v) is 1.98. The average Bonchev–Trinajstić information content (AvgIpc) is 2.83. The van der Waals surface area contributed by atoms with Crippen LogP contribution < -0.4 is 0 Å². The Morgan fingerprint density at radius 3 is 3.19 bits per heavy atom. The third kappa shape index (κ3) is 0.826. The van der Waals surface area contributed by atoms with Gasteiger partial charge in [0.1, 0.15) is 17.4 Å². The van der Waals surface area contributed by atoms with Crippen molar-refractivity contribution < 1.29 is 4.42 Å². The SMILES string of the molecule is c1cnc2c(c1)oc1[nH]c3cncnc3c12. The lowest BCUT2D eigenvalue weighted by Crippen LogP contribution is -1.78. The van der Waals surface area contributed by atoms with E-state index in [-0.39, 0.29) is 0 Å². The Morgan fingerprint density at radius 1 is 1.19 bits per heavy atom. The van der Waals surface area contributed by atoms with Gasteiger partial charge in [-0.05, 0) is 12.1 Å². The van der Waals surface area contributed by atoms with E-state index in [1.165, 1.54) is 6.33 Å². The van der Waals surface area contributed by atoms with Crippen LogP contribution in [0.5, 0.6) is 0 Å². The van der Waals surface area contributed by atoms with Gasteiger partial charge in [-0.3, -0.25) is 4.98 Å². The molecule has 0 aliphatic heterocycles. The molecule has 0 aliphatic carbocycles. The van der Waals surface area contributed by atoms with Crippen LogP contribution in [0.15, 0.2) is 35.3 Å². The minimum Gasteiger partial charge on any atom is -0.438 e. The first kappa shape index (κ1) is 7.81. The standard InChI is InChI=1S/C11H6N4O/c1-2-7-10(13-3-1)8-9-6(4-12-5-14-9)15-11(8)16-7/h1-5,15H. The number of fused-ring (bicyclic) bond motifs is 5. The second-order valence-corrected chi connectivity index (χ2v) is 3.57. The van der Waals surface area contributed by atoms with Crippen molar-refractivity contribution in [1.29, 1.82) is 0 Å². The third-order valence-corrected chi connectivity index (χ3v) is 2.64. The van der Waals surface area contributed by atoms with Gasteiger partial charge < -0.3 is 9.40 Å². The summed E-state index contributed by atoms with van der Waals surface area (Å²) >= 11 is 0. The second kappa shape index (κ2) is 2.57. The minimum atomic E-state index is 0.698. The Morgan fingerprint density at radius 2 is 2.19 bits per heavy atom. The number of hydrogen-bond acceptors (Lipinski definition) is 4. The molecule has 4 aromatic rings. The summed E-state index contributed by atoms with van der Waals surface area (Å²) in [6.45, 7) is 0. The quantitative estimate of drug-likeness (QED) is 0.483. The molecule has 0 bridgehead atoms. The minimum absolute atomic E-state index is 0.698. The second-order valence-electron chi connectivity index (χ2n) is 3.57. The van der Waals surface area contributed by atoms with Crippen molar-refractivity contribution in [3.05, 3.63) is 30.9 Å². The van der Waals surface area contributed by atoms with Crippen molar-refractivity contribution in [2.75, 3.05) is 0 Å². The molecule has 0 amide bonds. The fourth-order valence-electron chi connectivity index (χ4n) is 1.98. The number of aromatic amines is 1. The Hall–Kier alpha value is -2.43. The molecule has 4 aromatic heterocycles. The highest BCUT2D eigenvalue weighted by atomic mass is 16.3. The van der Waals surface area contributed by atoms with Crippen molar-refractivity contribution in [2.24, 2.45) is 0 Å². The molecule has 16 heavy (non-hydrogen) atoms. The van der Waals surface area contributed by atoms with Gasteiger partial charge in [-0.15, -0.1) is 0 Å². The molecule has 0 saturated heterocycles. The van der Waals surface area contributed by atoms with Crippen LogP contribution in [0.25, 0.3) is 33.2 Å². The number of furan rings is 1. The number of rotatable bonds is 0. The van der Waals surface area contributed by atoms with Crippen LogP contribution >= 0.6 is 0 Å². The van der Waals surface area contributed by atoms with E-state index in [2.05, 4.69) is 19.9 Å². The first-order chi connectivity index (χ1) is 7.93. The van der Waals surface area contributed by atoms with Crippen molar-refractivity contribution in [1.82, 2.24) is 19.9 Å². The van der Waals surface area contributed by atoms with Gasteiger partial charge in [-0.1, -0.05) is 0 Å². The molecule has 1 N–H and O–H groups in total. The van der Waals surface area contributed by atoms with Crippen LogP contribution in [0, 0.1) is 0 Å². The number of nitrogens with zero attached hydrogens (tertiary/aromatic N) is 3. The largest absolute Gasteiger partial charge is 0.438 e. The Labute approximate surface area is 89.1 Å². The van der Waals surface area contributed by atoms with Gasteiger partial charge in [0.2, 0.25) is 5.71 Å². The highest BCUT2D eigenvalue weighted by molar-refractivity contribution is 6.15. The molecule has 4 heterocycles. The zero-order chi connectivity index (χ0) is 10.5. The molecule has 0 fully saturated rings. The van der Waals surface area contributed by atoms with Gasteiger partial charge in [0, 0.05) is 6.20 Å². The normalized spacial score (nSPS) is 11.8. The number of pyridine rings is 1. The summed E-state index contributed by atoms with van der Waals surface area (Å²) in [4.78, 5) is 15.7. The van der Waals surface area contributed by atoms with Gasteiger partial charge in [0.05, 0.1) is 17.1 Å². The molecular formula is C11H6N4O. The predicted octanol–water partition coefficient (Wildman–Crippen LogP) is 2.25. The first-order valence-electron chi connectivity index (χ1n) is 4.88. The predicted molar refractivity (Wildman–Crippen MR) is 59.0 cm³/mol.